The Morgan fingerprint density at radius 1 is 1.05 bits per heavy atom. The highest BCUT2D eigenvalue weighted by Gasteiger charge is 2.18. The van der Waals surface area contributed by atoms with Gasteiger partial charge in [0.15, 0.2) is 0 Å². The molecule has 3 heteroatoms. The molecule has 1 atom stereocenters. The van der Waals surface area contributed by atoms with E-state index in [1.807, 2.05) is 48.5 Å². The summed E-state index contributed by atoms with van der Waals surface area (Å²) in [7, 11) is 0. The monoisotopic (exact) mass is 266 g/mol. The van der Waals surface area contributed by atoms with Crippen molar-refractivity contribution in [2.24, 2.45) is 0 Å². The normalized spacial score (nSPS) is 12.7. The molecule has 3 rings (SSSR count). The number of aromatic nitrogens is 2. The average Bonchev–Trinajstić information content (AvgIpc) is 2.87. The highest BCUT2D eigenvalue weighted by Crippen LogP contribution is 2.25. The van der Waals surface area contributed by atoms with E-state index in [-0.39, 0.29) is 0 Å². The van der Waals surface area contributed by atoms with Gasteiger partial charge >= 0.3 is 0 Å². The molecule has 0 radical (unpaired) electrons. The van der Waals surface area contributed by atoms with E-state index in [9.17, 15) is 5.11 Å². The molecule has 0 fully saturated rings. The maximum atomic E-state index is 10.6. The minimum atomic E-state index is -0.685. The zero-order valence-corrected chi connectivity index (χ0v) is 11.5. The van der Waals surface area contributed by atoms with Crippen molar-refractivity contribution in [2.45, 2.75) is 26.0 Å². The summed E-state index contributed by atoms with van der Waals surface area (Å²) >= 11 is 0. The van der Waals surface area contributed by atoms with Gasteiger partial charge in [0.25, 0.3) is 0 Å². The molecule has 0 spiro atoms. The summed E-state index contributed by atoms with van der Waals surface area (Å²) in [6, 6.07) is 17.7. The Morgan fingerprint density at radius 2 is 1.75 bits per heavy atom. The van der Waals surface area contributed by atoms with E-state index >= 15 is 0 Å². The minimum absolute atomic E-state index is 0.685. The van der Waals surface area contributed by atoms with E-state index in [0.717, 1.165) is 35.4 Å². The molecular weight excluding hydrogens is 248 g/mol. The number of aryl methyl sites for hydroxylation is 1. The zero-order chi connectivity index (χ0) is 13.9. The van der Waals surface area contributed by atoms with E-state index in [0.29, 0.717) is 0 Å². The van der Waals surface area contributed by atoms with Crippen LogP contribution in [0.4, 0.5) is 0 Å². The van der Waals surface area contributed by atoms with Gasteiger partial charge in [-0.1, -0.05) is 49.4 Å². The van der Waals surface area contributed by atoms with Gasteiger partial charge in [0.1, 0.15) is 11.9 Å². The lowest BCUT2D eigenvalue weighted by Crippen LogP contribution is -2.10. The van der Waals surface area contributed by atoms with Crippen LogP contribution in [-0.4, -0.2) is 14.7 Å². The van der Waals surface area contributed by atoms with E-state index in [1.165, 1.54) is 0 Å². The van der Waals surface area contributed by atoms with Gasteiger partial charge in [-0.25, -0.2) is 4.98 Å². The van der Waals surface area contributed by atoms with Crippen molar-refractivity contribution in [2.75, 3.05) is 0 Å². The summed E-state index contributed by atoms with van der Waals surface area (Å²) in [5.74, 6) is 0.722. The highest BCUT2D eigenvalue weighted by molar-refractivity contribution is 5.76. The van der Waals surface area contributed by atoms with Crippen molar-refractivity contribution in [3.05, 3.63) is 66.0 Å². The van der Waals surface area contributed by atoms with Gasteiger partial charge < -0.3 is 9.67 Å². The number of imidazole rings is 1. The maximum absolute atomic E-state index is 10.6. The third-order valence-electron chi connectivity index (χ3n) is 3.49. The van der Waals surface area contributed by atoms with Crippen LogP contribution in [0.2, 0.25) is 0 Å². The largest absolute Gasteiger partial charge is 0.380 e. The molecule has 0 saturated heterocycles. The summed E-state index contributed by atoms with van der Waals surface area (Å²) in [6.45, 7) is 2.99. The fourth-order valence-electron chi connectivity index (χ4n) is 2.55. The summed E-state index contributed by atoms with van der Waals surface area (Å²) in [5.41, 5.74) is 2.89. The third-order valence-corrected chi connectivity index (χ3v) is 3.49. The summed E-state index contributed by atoms with van der Waals surface area (Å²) in [6.07, 6.45) is 0.324. The Bertz CT molecular complexity index is 703. The standard InChI is InChI=1S/C17H18N2O/c1-2-12-19-15-11-7-6-10-14(15)18-17(19)16(20)13-8-4-3-5-9-13/h3-11,16,20H,2,12H2,1H3/t16-/m1/s1. The number of aliphatic hydroxyl groups is 1. The Hall–Kier alpha value is -2.13. The van der Waals surface area contributed by atoms with Crippen molar-refractivity contribution in [1.82, 2.24) is 9.55 Å². The Morgan fingerprint density at radius 3 is 2.50 bits per heavy atom. The third kappa shape index (κ3) is 2.21. The number of nitrogens with zero attached hydrogens (tertiary/aromatic N) is 2. The molecule has 102 valence electrons. The topological polar surface area (TPSA) is 38.0 Å². The van der Waals surface area contributed by atoms with Crippen molar-refractivity contribution in [3.8, 4) is 0 Å². The SMILES string of the molecule is CCCn1c([C@H](O)c2ccccc2)nc2ccccc21. The lowest BCUT2D eigenvalue weighted by molar-refractivity contribution is 0.205. The summed E-state index contributed by atoms with van der Waals surface area (Å²) in [5, 5.41) is 10.6. The predicted octanol–water partition coefficient (Wildman–Crippen LogP) is 3.53. The molecule has 0 saturated carbocycles. The number of fused-ring (bicyclic) bond motifs is 1. The second-order valence-electron chi connectivity index (χ2n) is 4.92. The van der Waals surface area contributed by atoms with Gasteiger partial charge in [0.2, 0.25) is 0 Å². The molecule has 0 unspecified atom stereocenters. The van der Waals surface area contributed by atoms with Gasteiger partial charge in [0.05, 0.1) is 11.0 Å². The molecule has 0 bridgehead atoms. The Labute approximate surface area is 118 Å². The number of benzene rings is 2. The van der Waals surface area contributed by atoms with Crippen LogP contribution in [-0.2, 0) is 6.54 Å². The summed E-state index contributed by atoms with van der Waals surface area (Å²) < 4.78 is 2.12. The van der Waals surface area contributed by atoms with Crippen LogP contribution in [0.3, 0.4) is 0 Å². The van der Waals surface area contributed by atoms with Crippen LogP contribution in [0.15, 0.2) is 54.6 Å². The van der Waals surface area contributed by atoms with Crippen molar-refractivity contribution < 1.29 is 5.11 Å². The van der Waals surface area contributed by atoms with Gasteiger partial charge in [-0.2, -0.15) is 0 Å². The second-order valence-corrected chi connectivity index (χ2v) is 4.92. The number of rotatable bonds is 4. The molecule has 0 aliphatic heterocycles. The zero-order valence-electron chi connectivity index (χ0n) is 11.5. The van der Waals surface area contributed by atoms with E-state index in [1.54, 1.807) is 0 Å². The van der Waals surface area contributed by atoms with Crippen LogP contribution in [0, 0.1) is 0 Å². The molecule has 3 aromatic rings. The number of hydrogen-bond acceptors (Lipinski definition) is 2. The smallest absolute Gasteiger partial charge is 0.143 e. The van der Waals surface area contributed by atoms with E-state index in [2.05, 4.69) is 22.5 Å². The van der Waals surface area contributed by atoms with Gasteiger partial charge in [-0.3, -0.25) is 0 Å². The van der Waals surface area contributed by atoms with E-state index in [4.69, 9.17) is 0 Å². The fraction of sp³-hybridized carbons (Fsp3) is 0.235. The van der Waals surface area contributed by atoms with Gasteiger partial charge in [-0.15, -0.1) is 0 Å². The van der Waals surface area contributed by atoms with Crippen LogP contribution >= 0.6 is 0 Å². The minimum Gasteiger partial charge on any atom is -0.380 e. The van der Waals surface area contributed by atoms with Crippen LogP contribution in [0.1, 0.15) is 30.8 Å². The maximum Gasteiger partial charge on any atom is 0.143 e. The molecule has 1 heterocycles. The van der Waals surface area contributed by atoms with Crippen LogP contribution in [0.5, 0.6) is 0 Å². The quantitative estimate of drug-likeness (QED) is 0.784. The molecular formula is C17H18N2O. The first kappa shape index (κ1) is 12.9. The van der Waals surface area contributed by atoms with Crippen molar-refractivity contribution >= 4 is 11.0 Å². The first-order chi connectivity index (χ1) is 9.81. The highest BCUT2D eigenvalue weighted by atomic mass is 16.3. The molecule has 0 aliphatic carbocycles. The molecule has 20 heavy (non-hydrogen) atoms. The second kappa shape index (κ2) is 5.47. The number of aliphatic hydroxyl groups excluding tert-OH is 1. The average molecular weight is 266 g/mol. The Balaban J connectivity index is 2.12. The van der Waals surface area contributed by atoms with Gasteiger partial charge in [-0.05, 0) is 24.1 Å². The van der Waals surface area contributed by atoms with Crippen LogP contribution < -0.4 is 0 Å². The van der Waals surface area contributed by atoms with Crippen molar-refractivity contribution in [1.29, 1.82) is 0 Å². The lowest BCUT2D eigenvalue weighted by Gasteiger charge is -2.13. The lowest BCUT2D eigenvalue weighted by atomic mass is 10.1. The van der Waals surface area contributed by atoms with Gasteiger partial charge in [0, 0.05) is 6.54 Å². The predicted molar refractivity (Wildman–Crippen MR) is 80.5 cm³/mol. The van der Waals surface area contributed by atoms with E-state index < -0.39 is 6.10 Å². The molecule has 0 aliphatic rings. The summed E-state index contributed by atoms with van der Waals surface area (Å²) in [4.78, 5) is 4.62. The first-order valence-corrected chi connectivity index (χ1v) is 6.99. The van der Waals surface area contributed by atoms with Crippen molar-refractivity contribution in [3.63, 3.8) is 0 Å². The first-order valence-electron chi connectivity index (χ1n) is 6.99. The molecule has 3 nitrogen and oxygen atoms in total. The molecule has 1 aromatic heterocycles. The van der Waals surface area contributed by atoms with Crippen LogP contribution in [0.25, 0.3) is 11.0 Å². The number of para-hydroxylation sites is 2. The molecule has 2 aromatic carbocycles. The molecule has 0 amide bonds. The Kier molecular flexibility index (Phi) is 3.52. The molecule has 1 N–H and O–H groups in total. The number of hydrogen-bond donors (Lipinski definition) is 1. The fourth-order valence-corrected chi connectivity index (χ4v) is 2.55.